The number of carbonyl (C=O) groups excluding carboxylic acids is 1. The van der Waals surface area contributed by atoms with Crippen LogP contribution < -0.4 is 5.32 Å². The lowest BCUT2D eigenvalue weighted by Crippen LogP contribution is -2.31. The zero-order valence-electron chi connectivity index (χ0n) is 8.98. The molecule has 0 aromatic heterocycles. The summed E-state index contributed by atoms with van der Waals surface area (Å²) >= 11 is 0. The molecule has 0 aliphatic carbocycles. The molecule has 1 amide bonds. The summed E-state index contributed by atoms with van der Waals surface area (Å²) in [6, 6.07) is 0. The van der Waals surface area contributed by atoms with Crippen LogP contribution in [0.4, 0.5) is 0 Å². The fourth-order valence-corrected chi connectivity index (χ4v) is 0.581. The normalized spacial score (nSPS) is 8.83. The van der Waals surface area contributed by atoms with Crippen LogP contribution in [-0.4, -0.2) is 37.5 Å². The predicted molar refractivity (Wildman–Crippen MR) is 53.2 cm³/mol. The van der Waals surface area contributed by atoms with Crippen LogP contribution in [0.5, 0.6) is 0 Å². The average molecular weight is 174 g/mol. The van der Waals surface area contributed by atoms with Crippen LogP contribution in [-0.2, 0) is 4.79 Å². The summed E-state index contributed by atoms with van der Waals surface area (Å²) < 4.78 is 0. The van der Waals surface area contributed by atoms with E-state index in [4.69, 9.17) is 0 Å². The predicted octanol–water partition coefficient (Wildman–Crippen LogP) is 1.10. The maximum Gasteiger partial charge on any atom is 0.216 e. The average Bonchev–Trinajstić information content (AvgIpc) is 2.07. The van der Waals surface area contributed by atoms with Crippen molar-refractivity contribution >= 4 is 5.91 Å². The van der Waals surface area contributed by atoms with Crippen molar-refractivity contribution in [3.8, 4) is 0 Å². The number of nitrogens with zero attached hydrogens (tertiary/aromatic N) is 1. The molecule has 3 heteroatoms. The molecular weight excluding hydrogens is 152 g/mol. The number of hydrogen-bond donors (Lipinski definition) is 1. The molecule has 3 nitrogen and oxygen atoms in total. The molecule has 0 radical (unpaired) electrons. The van der Waals surface area contributed by atoms with Gasteiger partial charge in [-0.3, -0.25) is 4.79 Å². The number of amides is 1. The highest BCUT2D eigenvalue weighted by Gasteiger charge is 1.93. The minimum absolute atomic E-state index is 0.0458. The lowest BCUT2D eigenvalue weighted by Gasteiger charge is -2.12. The molecule has 0 aromatic carbocycles. The van der Waals surface area contributed by atoms with Gasteiger partial charge in [-0.05, 0) is 13.6 Å². The number of carbonyl (C=O) groups is 1. The van der Waals surface area contributed by atoms with Gasteiger partial charge in [0.05, 0.1) is 0 Å². The Hall–Kier alpha value is -0.570. The van der Waals surface area contributed by atoms with Gasteiger partial charge in [-0.2, -0.15) is 0 Å². The molecule has 12 heavy (non-hydrogen) atoms. The first-order valence-corrected chi connectivity index (χ1v) is 4.59. The van der Waals surface area contributed by atoms with Crippen molar-refractivity contribution in [1.29, 1.82) is 0 Å². The Bertz CT molecular complexity index is 105. The summed E-state index contributed by atoms with van der Waals surface area (Å²) in [6.07, 6.45) is 0. The van der Waals surface area contributed by atoms with Crippen molar-refractivity contribution in [3.05, 3.63) is 0 Å². The smallest absolute Gasteiger partial charge is 0.216 e. The summed E-state index contributed by atoms with van der Waals surface area (Å²) in [6.45, 7) is 10.3. The van der Waals surface area contributed by atoms with E-state index >= 15 is 0 Å². The topological polar surface area (TPSA) is 32.3 Å². The Kier molecular flexibility index (Phi) is 12.2. The monoisotopic (exact) mass is 174 g/mol. The molecule has 1 N–H and O–H groups in total. The first-order chi connectivity index (χ1) is 5.66. The van der Waals surface area contributed by atoms with Gasteiger partial charge >= 0.3 is 0 Å². The number of nitrogens with one attached hydrogen (secondary N) is 1. The van der Waals surface area contributed by atoms with E-state index in [0.29, 0.717) is 0 Å². The standard InChI is InChI=1S/C7H16N2O.C2H6/c1-4-9(3)6-5-8-7(2)10;1-2/h4-6H2,1-3H3,(H,8,10);1-2H3. The highest BCUT2D eigenvalue weighted by molar-refractivity contribution is 5.72. The molecule has 0 heterocycles. The fraction of sp³-hybridized carbons (Fsp3) is 0.889. The van der Waals surface area contributed by atoms with Gasteiger partial charge in [0.15, 0.2) is 0 Å². The highest BCUT2D eigenvalue weighted by atomic mass is 16.1. The van der Waals surface area contributed by atoms with Gasteiger partial charge in [0.25, 0.3) is 0 Å². The van der Waals surface area contributed by atoms with Crippen LogP contribution in [0.3, 0.4) is 0 Å². The lowest BCUT2D eigenvalue weighted by molar-refractivity contribution is -0.118. The molecule has 0 rings (SSSR count). The van der Waals surface area contributed by atoms with Gasteiger partial charge in [0, 0.05) is 20.0 Å². The lowest BCUT2D eigenvalue weighted by atomic mass is 10.5. The quantitative estimate of drug-likeness (QED) is 0.692. The van der Waals surface area contributed by atoms with Gasteiger partial charge in [-0.1, -0.05) is 20.8 Å². The number of likely N-dealkylation sites (N-methyl/N-ethyl adjacent to an activating group) is 1. The summed E-state index contributed by atoms with van der Waals surface area (Å²) in [7, 11) is 2.03. The third kappa shape index (κ3) is 12.1. The molecule has 0 fully saturated rings. The Morgan fingerprint density at radius 1 is 1.42 bits per heavy atom. The number of hydrogen-bond acceptors (Lipinski definition) is 2. The highest BCUT2D eigenvalue weighted by Crippen LogP contribution is 1.76. The first kappa shape index (κ1) is 14.0. The molecule has 0 unspecified atom stereocenters. The summed E-state index contributed by atoms with van der Waals surface area (Å²) in [4.78, 5) is 12.5. The molecule has 0 aromatic rings. The minimum Gasteiger partial charge on any atom is -0.355 e. The van der Waals surface area contributed by atoms with Crippen LogP contribution in [0.25, 0.3) is 0 Å². The Labute approximate surface area is 76.1 Å². The maximum atomic E-state index is 10.4. The molecule has 0 saturated heterocycles. The number of rotatable bonds is 4. The van der Waals surface area contributed by atoms with Crippen molar-refractivity contribution in [2.24, 2.45) is 0 Å². The molecule has 0 saturated carbocycles. The third-order valence-corrected chi connectivity index (χ3v) is 1.41. The molecule has 74 valence electrons. The van der Waals surface area contributed by atoms with E-state index in [-0.39, 0.29) is 5.91 Å². The second-order valence-corrected chi connectivity index (χ2v) is 2.38. The van der Waals surface area contributed by atoms with Crippen molar-refractivity contribution in [3.63, 3.8) is 0 Å². The Balaban J connectivity index is 0. The molecule has 0 bridgehead atoms. The summed E-state index contributed by atoms with van der Waals surface area (Å²) in [5.74, 6) is 0.0458. The van der Waals surface area contributed by atoms with Crippen LogP contribution in [0, 0.1) is 0 Å². The van der Waals surface area contributed by atoms with Crippen LogP contribution in [0.15, 0.2) is 0 Å². The molecule has 0 aliphatic heterocycles. The van der Waals surface area contributed by atoms with E-state index in [1.54, 1.807) is 0 Å². The van der Waals surface area contributed by atoms with Crippen molar-refractivity contribution < 1.29 is 4.79 Å². The fourth-order valence-electron chi connectivity index (χ4n) is 0.581. The van der Waals surface area contributed by atoms with Gasteiger partial charge < -0.3 is 10.2 Å². The van der Waals surface area contributed by atoms with E-state index in [1.807, 2.05) is 20.9 Å². The Morgan fingerprint density at radius 3 is 2.25 bits per heavy atom. The van der Waals surface area contributed by atoms with Gasteiger partial charge in [0.2, 0.25) is 5.91 Å². The van der Waals surface area contributed by atoms with Crippen LogP contribution >= 0.6 is 0 Å². The van der Waals surface area contributed by atoms with Crippen LogP contribution in [0.1, 0.15) is 27.7 Å². The second-order valence-electron chi connectivity index (χ2n) is 2.38. The van der Waals surface area contributed by atoms with Gasteiger partial charge in [0.1, 0.15) is 0 Å². The Morgan fingerprint density at radius 2 is 1.92 bits per heavy atom. The van der Waals surface area contributed by atoms with E-state index in [9.17, 15) is 4.79 Å². The van der Waals surface area contributed by atoms with Gasteiger partial charge in [-0.15, -0.1) is 0 Å². The van der Waals surface area contributed by atoms with Crippen molar-refractivity contribution in [2.75, 3.05) is 26.7 Å². The molecule has 0 atom stereocenters. The van der Waals surface area contributed by atoms with Crippen LogP contribution in [0.2, 0.25) is 0 Å². The summed E-state index contributed by atoms with van der Waals surface area (Å²) in [5, 5.41) is 2.73. The molecule has 0 aliphatic rings. The minimum atomic E-state index is 0.0458. The largest absolute Gasteiger partial charge is 0.355 e. The summed E-state index contributed by atoms with van der Waals surface area (Å²) in [5.41, 5.74) is 0. The maximum absolute atomic E-state index is 10.4. The van der Waals surface area contributed by atoms with Gasteiger partial charge in [-0.25, -0.2) is 0 Å². The second kappa shape index (κ2) is 10.4. The first-order valence-electron chi connectivity index (χ1n) is 4.59. The molecular formula is C9H22N2O. The van der Waals surface area contributed by atoms with E-state index < -0.39 is 0 Å². The van der Waals surface area contributed by atoms with E-state index in [2.05, 4.69) is 17.1 Å². The zero-order chi connectivity index (χ0) is 9.98. The van der Waals surface area contributed by atoms with E-state index in [0.717, 1.165) is 19.6 Å². The third-order valence-electron chi connectivity index (χ3n) is 1.41. The molecule has 0 spiro atoms. The van der Waals surface area contributed by atoms with E-state index in [1.165, 1.54) is 6.92 Å². The zero-order valence-corrected chi connectivity index (χ0v) is 8.98. The SMILES string of the molecule is CC.CCN(C)CCNC(C)=O. The van der Waals surface area contributed by atoms with Crippen molar-refractivity contribution in [2.45, 2.75) is 27.7 Å². The van der Waals surface area contributed by atoms with Crippen molar-refractivity contribution in [1.82, 2.24) is 10.2 Å².